The lowest BCUT2D eigenvalue weighted by Crippen LogP contribution is -1.81. The Bertz CT molecular complexity index is 436. The van der Waals surface area contributed by atoms with Crippen molar-refractivity contribution >= 4 is 11.8 Å². The van der Waals surface area contributed by atoms with Crippen molar-refractivity contribution < 1.29 is 9.52 Å². The van der Waals surface area contributed by atoms with Crippen LogP contribution in [0.1, 0.15) is 11.3 Å². The van der Waals surface area contributed by atoms with E-state index in [9.17, 15) is 0 Å². The van der Waals surface area contributed by atoms with Crippen molar-refractivity contribution in [2.45, 2.75) is 23.6 Å². The normalized spacial score (nSPS) is 10.5. The molecule has 0 atom stereocenters. The van der Waals surface area contributed by atoms with E-state index in [0.29, 0.717) is 5.22 Å². The number of nitrogens with zero attached hydrogens (tertiary/aromatic N) is 1. The standard InChI is InChI=1S/C11H11NO2S/c1-8-7-14-11(12-8)15-10-4-2-9(6-13)3-5-10/h2-5,7,13H,6H2,1H3. The Morgan fingerprint density at radius 1 is 1.33 bits per heavy atom. The van der Waals surface area contributed by atoms with E-state index in [0.717, 1.165) is 16.2 Å². The van der Waals surface area contributed by atoms with Gasteiger partial charge in [0.05, 0.1) is 12.3 Å². The number of aliphatic hydroxyl groups excluding tert-OH is 1. The van der Waals surface area contributed by atoms with Crippen molar-refractivity contribution in [3.8, 4) is 0 Å². The molecule has 1 heterocycles. The molecule has 0 aliphatic heterocycles. The monoisotopic (exact) mass is 221 g/mol. The summed E-state index contributed by atoms with van der Waals surface area (Å²) in [6.07, 6.45) is 1.63. The second-order valence-electron chi connectivity index (χ2n) is 3.16. The fourth-order valence-electron chi connectivity index (χ4n) is 1.14. The maximum absolute atomic E-state index is 8.88. The van der Waals surface area contributed by atoms with Crippen molar-refractivity contribution in [3.63, 3.8) is 0 Å². The fraction of sp³-hybridized carbons (Fsp3) is 0.182. The maximum Gasteiger partial charge on any atom is 0.260 e. The molecule has 0 aliphatic rings. The van der Waals surface area contributed by atoms with Gasteiger partial charge in [0.25, 0.3) is 5.22 Å². The lowest BCUT2D eigenvalue weighted by molar-refractivity contribution is 0.282. The molecule has 0 saturated carbocycles. The topological polar surface area (TPSA) is 46.3 Å². The van der Waals surface area contributed by atoms with Gasteiger partial charge >= 0.3 is 0 Å². The average molecular weight is 221 g/mol. The molecular weight excluding hydrogens is 210 g/mol. The molecule has 0 bridgehead atoms. The molecule has 0 spiro atoms. The van der Waals surface area contributed by atoms with Gasteiger partial charge in [-0.25, -0.2) is 4.98 Å². The van der Waals surface area contributed by atoms with E-state index < -0.39 is 0 Å². The highest BCUT2D eigenvalue weighted by Crippen LogP contribution is 2.26. The molecule has 0 amide bonds. The maximum atomic E-state index is 8.88. The number of aliphatic hydroxyl groups is 1. The van der Waals surface area contributed by atoms with Gasteiger partial charge in [-0.15, -0.1) is 0 Å². The third-order valence-corrected chi connectivity index (χ3v) is 2.78. The van der Waals surface area contributed by atoms with E-state index in [4.69, 9.17) is 9.52 Å². The number of benzene rings is 1. The molecule has 0 saturated heterocycles. The highest BCUT2D eigenvalue weighted by atomic mass is 32.2. The smallest absolute Gasteiger partial charge is 0.260 e. The van der Waals surface area contributed by atoms with Crippen LogP contribution in [0.5, 0.6) is 0 Å². The van der Waals surface area contributed by atoms with Crippen LogP contribution in [0, 0.1) is 6.92 Å². The van der Waals surface area contributed by atoms with Crippen LogP contribution in [-0.4, -0.2) is 10.1 Å². The molecule has 0 unspecified atom stereocenters. The van der Waals surface area contributed by atoms with Gasteiger partial charge in [-0.3, -0.25) is 0 Å². The van der Waals surface area contributed by atoms with Gasteiger partial charge in [0.1, 0.15) is 6.26 Å². The zero-order valence-corrected chi connectivity index (χ0v) is 9.12. The summed E-state index contributed by atoms with van der Waals surface area (Å²) in [5.41, 5.74) is 1.78. The number of hydrogen-bond donors (Lipinski definition) is 1. The summed E-state index contributed by atoms with van der Waals surface area (Å²) in [6.45, 7) is 1.96. The van der Waals surface area contributed by atoms with Crippen LogP contribution < -0.4 is 0 Å². The Labute approximate surface area is 92.1 Å². The summed E-state index contributed by atoms with van der Waals surface area (Å²) in [5.74, 6) is 0. The molecule has 3 nitrogen and oxygen atoms in total. The number of aromatic nitrogens is 1. The second kappa shape index (κ2) is 4.51. The number of hydrogen-bond acceptors (Lipinski definition) is 4. The Morgan fingerprint density at radius 3 is 2.60 bits per heavy atom. The minimum Gasteiger partial charge on any atom is -0.439 e. The Hall–Kier alpha value is -1.26. The van der Waals surface area contributed by atoms with Gasteiger partial charge in [0.2, 0.25) is 0 Å². The molecular formula is C11H11NO2S. The first kappa shape index (κ1) is 10.3. The lowest BCUT2D eigenvalue weighted by Gasteiger charge is -1.98. The molecule has 1 N–H and O–H groups in total. The van der Waals surface area contributed by atoms with Gasteiger partial charge in [-0.05, 0) is 36.4 Å². The summed E-state index contributed by atoms with van der Waals surface area (Å²) < 4.78 is 5.23. The van der Waals surface area contributed by atoms with E-state index in [1.54, 1.807) is 6.26 Å². The molecule has 0 radical (unpaired) electrons. The predicted molar refractivity (Wildman–Crippen MR) is 57.7 cm³/mol. The summed E-state index contributed by atoms with van der Waals surface area (Å²) >= 11 is 1.47. The molecule has 78 valence electrons. The van der Waals surface area contributed by atoms with Crippen molar-refractivity contribution in [1.29, 1.82) is 0 Å². The van der Waals surface area contributed by atoms with Crippen molar-refractivity contribution in [2.24, 2.45) is 0 Å². The van der Waals surface area contributed by atoms with Crippen LogP contribution in [0.3, 0.4) is 0 Å². The number of aryl methyl sites for hydroxylation is 1. The van der Waals surface area contributed by atoms with Crippen LogP contribution in [0.2, 0.25) is 0 Å². The summed E-state index contributed by atoms with van der Waals surface area (Å²) in [4.78, 5) is 5.25. The largest absolute Gasteiger partial charge is 0.439 e. The Kier molecular flexibility index (Phi) is 3.08. The zero-order valence-electron chi connectivity index (χ0n) is 8.30. The summed E-state index contributed by atoms with van der Waals surface area (Å²) in [5, 5.41) is 9.53. The molecule has 2 aromatic rings. The van der Waals surface area contributed by atoms with Crippen LogP contribution in [0.15, 0.2) is 45.1 Å². The molecule has 1 aromatic carbocycles. The molecule has 4 heteroatoms. The van der Waals surface area contributed by atoms with Crippen LogP contribution in [0.4, 0.5) is 0 Å². The zero-order chi connectivity index (χ0) is 10.7. The number of oxazole rings is 1. The SMILES string of the molecule is Cc1coc(Sc2ccc(CO)cc2)n1. The molecule has 0 fully saturated rings. The quantitative estimate of drug-likeness (QED) is 0.865. The first-order valence-electron chi connectivity index (χ1n) is 4.58. The number of rotatable bonds is 3. The van der Waals surface area contributed by atoms with Gasteiger partial charge in [-0.1, -0.05) is 12.1 Å². The Balaban J connectivity index is 2.11. The highest BCUT2D eigenvalue weighted by Gasteiger charge is 2.03. The summed E-state index contributed by atoms with van der Waals surface area (Å²) in [7, 11) is 0. The lowest BCUT2D eigenvalue weighted by atomic mass is 10.2. The fourth-order valence-corrected chi connectivity index (χ4v) is 1.90. The molecule has 15 heavy (non-hydrogen) atoms. The van der Waals surface area contributed by atoms with Gasteiger partial charge in [0, 0.05) is 4.90 Å². The minimum atomic E-state index is 0.0725. The van der Waals surface area contributed by atoms with Crippen molar-refractivity contribution in [3.05, 3.63) is 41.8 Å². The van der Waals surface area contributed by atoms with Gasteiger partial charge in [-0.2, -0.15) is 0 Å². The molecule has 0 aliphatic carbocycles. The predicted octanol–water partition coefficient (Wildman–Crippen LogP) is 2.63. The molecule has 1 aromatic heterocycles. The van der Waals surface area contributed by atoms with Crippen LogP contribution >= 0.6 is 11.8 Å². The molecule has 2 rings (SSSR count). The van der Waals surface area contributed by atoms with E-state index in [-0.39, 0.29) is 6.61 Å². The van der Waals surface area contributed by atoms with Gasteiger partial charge in [0.15, 0.2) is 0 Å². The highest BCUT2D eigenvalue weighted by molar-refractivity contribution is 7.99. The first-order valence-corrected chi connectivity index (χ1v) is 5.39. The second-order valence-corrected chi connectivity index (χ2v) is 4.18. The van der Waals surface area contributed by atoms with Gasteiger partial charge < -0.3 is 9.52 Å². The van der Waals surface area contributed by atoms with Crippen LogP contribution in [-0.2, 0) is 6.61 Å². The van der Waals surface area contributed by atoms with E-state index in [2.05, 4.69) is 4.98 Å². The Morgan fingerprint density at radius 2 is 2.07 bits per heavy atom. The van der Waals surface area contributed by atoms with E-state index in [1.807, 2.05) is 31.2 Å². The van der Waals surface area contributed by atoms with Crippen LogP contribution in [0.25, 0.3) is 0 Å². The summed E-state index contributed by atoms with van der Waals surface area (Å²) in [6, 6.07) is 7.65. The van der Waals surface area contributed by atoms with E-state index in [1.165, 1.54) is 11.8 Å². The third-order valence-electron chi connectivity index (χ3n) is 1.91. The van der Waals surface area contributed by atoms with Crippen molar-refractivity contribution in [1.82, 2.24) is 4.98 Å². The minimum absolute atomic E-state index is 0.0725. The van der Waals surface area contributed by atoms with E-state index >= 15 is 0 Å². The first-order chi connectivity index (χ1) is 7.28. The third kappa shape index (κ3) is 2.61. The average Bonchev–Trinajstić information content (AvgIpc) is 2.65. The van der Waals surface area contributed by atoms with Crippen molar-refractivity contribution in [2.75, 3.05) is 0 Å².